The second kappa shape index (κ2) is 5.37. The molecule has 0 bridgehead atoms. The van der Waals surface area contributed by atoms with Gasteiger partial charge < -0.3 is 0 Å². The van der Waals surface area contributed by atoms with Gasteiger partial charge in [0.25, 0.3) is 5.56 Å². The number of H-pyrrole nitrogens is 1. The van der Waals surface area contributed by atoms with Crippen molar-refractivity contribution in [2.45, 2.75) is 31.7 Å². The Kier molecular flexibility index (Phi) is 3.55. The van der Waals surface area contributed by atoms with Gasteiger partial charge in [-0.15, -0.1) is 10.2 Å². The second-order valence-electron chi connectivity index (χ2n) is 5.08. The highest BCUT2D eigenvalue weighted by atomic mass is 32.2. The first-order valence-electron chi connectivity index (χ1n) is 6.69. The number of nitrogens with one attached hydrogen (secondary N) is 1. The van der Waals surface area contributed by atoms with Gasteiger partial charge in [-0.2, -0.15) is 0 Å². The summed E-state index contributed by atoms with van der Waals surface area (Å²) < 4.78 is 1.90. The van der Waals surface area contributed by atoms with Gasteiger partial charge in [-0.1, -0.05) is 41.6 Å². The summed E-state index contributed by atoms with van der Waals surface area (Å²) in [6, 6.07) is 8.40. The molecule has 0 aliphatic rings. The monoisotopic (exact) mass is 300 g/mol. The Labute approximate surface area is 126 Å². The Morgan fingerprint density at radius 2 is 2.05 bits per heavy atom. The van der Waals surface area contributed by atoms with Crippen LogP contribution < -0.4 is 5.56 Å². The van der Waals surface area contributed by atoms with Crippen LogP contribution in [0.25, 0.3) is 5.78 Å². The van der Waals surface area contributed by atoms with Crippen molar-refractivity contribution < 1.29 is 0 Å². The van der Waals surface area contributed by atoms with Gasteiger partial charge in [-0.3, -0.25) is 14.2 Å². The summed E-state index contributed by atoms with van der Waals surface area (Å²) in [5.74, 6) is 1.31. The summed E-state index contributed by atoms with van der Waals surface area (Å²) in [5.41, 5.74) is 3.96. The molecule has 2 heterocycles. The molecule has 1 N–H and O–H groups in total. The standard InChI is InChI=1S/C15H16N4OS/c1-9-5-4-6-12(7-9)8-21-15-18-17-14-16-13(20)10(2)11(3)19(14)15/h4-7H,8H2,1-3H3,(H,16,17,20). The molecule has 21 heavy (non-hydrogen) atoms. The lowest BCUT2D eigenvalue weighted by molar-refractivity contribution is 0.875. The molecular weight excluding hydrogens is 284 g/mol. The number of nitrogens with zero attached hydrogens (tertiary/aromatic N) is 3. The molecule has 5 nitrogen and oxygen atoms in total. The van der Waals surface area contributed by atoms with Crippen molar-refractivity contribution >= 4 is 17.5 Å². The molecule has 2 aromatic heterocycles. The molecule has 1 aromatic carbocycles. The van der Waals surface area contributed by atoms with Crippen LogP contribution >= 0.6 is 11.8 Å². The van der Waals surface area contributed by atoms with Gasteiger partial charge in [0.15, 0.2) is 5.16 Å². The van der Waals surface area contributed by atoms with Crippen molar-refractivity contribution in [2.75, 3.05) is 0 Å². The maximum Gasteiger partial charge on any atom is 0.255 e. The van der Waals surface area contributed by atoms with E-state index in [1.165, 1.54) is 11.1 Å². The molecule has 0 radical (unpaired) electrons. The molecule has 3 rings (SSSR count). The Morgan fingerprint density at radius 1 is 1.24 bits per heavy atom. The minimum absolute atomic E-state index is 0.109. The summed E-state index contributed by atoms with van der Waals surface area (Å²) in [7, 11) is 0. The maximum absolute atomic E-state index is 11.7. The summed E-state index contributed by atoms with van der Waals surface area (Å²) in [6.45, 7) is 5.80. The lowest BCUT2D eigenvalue weighted by Gasteiger charge is -2.06. The van der Waals surface area contributed by atoms with E-state index in [0.29, 0.717) is 11.3 Å². The number of hydrogen-bond donors (Lipinski definition) is 1. The molecule has 0 unspecified atom stereocenters. The Hall–Kier alpha value is -2.08. The van der Waals surface area contributed by atoms with Crippen LogP contribution in [0.4, 0.5) is 0 Å². The molecule has 0 spiro atoms. The molecule has 0 aliphatic heterocycles. The highest BCUT2D eigenvalue weighted by Gasteiger charge is 2.12. The minimum Gasteiger partial charge on any atom is -0.290 e. The number of aryl methyl sites for hydroxylation is 2. The summed E-state index contributed by atoms with van der Waals surface area (Å²) in [4.78, 5) is 14.5. The molecule has 108 valence electrons. The van der Waals surface area contributed by atoms with Crippen LogP contribution in [0, 0.1) is 20.8 Å². The minimum atomic E-state index is -0.109. The van der Waals surface area contributed by atoms with Crippen LogP contribution in [-0.4, -0.2) is 19.6 Å². The smallest absolute Gasteiger partial charge is 0.255 e. The van der Waals surface area contributed by atoms with Gasteiger partial charge in [0.1, 0.15) is 0 Å². The Morgan fingerprint density at radius 3 is 2.81 bits per heavy atom. The van der Waals surface area contributed by atoms with Crippen molar-refractivity contribution in [3.05, 3.63) is 57.0 Å². The van der Waals surface area contributed by atoms with Crippen molar-refractivity contribution in [1.29, 1.82) is 0 Å². The molecule has 0 aliphatic carbocycles. The van der Waals surface area contributed by atoms with E-state index >= 15 is 0 Å². The molecule has 3 aromatic rings. The molecule has 0 fully saturated rings. The van der Waals surface area contributed by atoms with E-state index in [1.807, 2.05) is 18.2 Å². The SMILES string of the molecule is Cc1cccc(CSc2nnc3[nH]c(=O)c(C)c(C)n23)c1. The lowest BCUT2D eigenvalue weighted by atomic mass is 10.2. The average Bonchev–Trinajstić information content (AvgIpc) is 2.86. The largest absolute Gasteiger partial charge is 0.290 e. The molecule has 0 atom stereocenters. The zero-order chi connectivity index (χ0) is 15.0. The van der Waals surface area contributed by atoms with E-state index < -0.39 is 0 Å². The van der Waals surface area contributed by atoms with Gasteiger partial charge in [0, 0.05) is 17.0 Å². The van der Waals surface area contributed by atoms with Gasteiger partial charge in [0.2, 0.25) is 5.78 Å². The van der Waals surface area contributed by atoms with Crippen LogP contribution in [-0.2, 0) is 5.75 Å². The number of thioether (sulfide) groups is 1. The second-order valence-corrected chi connectivity index (χ2v) is 6.03. The van der Waals surface area contributed by atoms with Crippen LogP contribution in [0.2, 0.25) is 0 Å². The zero-order valence-electron chi connectivity index (χ0n) is 12.2. The summed E-state index contributed by atoms with van der Waals surface area (Å²) in [5, 5.41) is 9.02. The van der Waals surface area contributed by atoms with E-state index in [-0.39, 0.29) is 5.56 Å². The third-order valence-electron chi connectivity index (χ3n) is 3.53. The average molecular weight is 300 g/mol. The van der Waals surface area contributed by atoms with E-state index in [4.69, 9.17) is 0 Å². The zero-order valence-corrected chi connectivity index (χ0v) is 13.0. The fourth-order valence-corrected chi connectivity index (χ4v) is 3.15. The van der Waals surface area contributed by atoms with Gasteiger partial charge >= 0.3 is 0 Å². The van der Waals surface area contributed by atoms with Crippen molar-refractivity contribution in [2.24, 2.45) is 0 Å². The predicted molar refractivity (Wildman–Crippen MR) is 83.8 cm³/mol. The number of aromatic nitrogens is 4. The van der Waals surface area contributed by atoms with E-state index in [0.717, 1.165) is 16.6 Å². The van der Waals surface area contributed by atoms with Gasteiger partial charge in [-0.05, 0) is 26.3 Å². The maximum atomic E-state index is 11.7. The first kappa shape index (κ1) is 13.9. The number of rotatable bonds is 3. The van der Waals surface area contributed by atoms with E-state index in [9.17, 15) is 4.79 Å². The molecule has 6 heteroatoms. The topological polar surface area (TPSA) is 63.0 Å². The van der Waals surface area contributed by atoms with E-state index in [1.54, 1.807) is 11.8 Å². The molecule has 0 saturated heterocycles. The highest BCUT2D eigenvalue weighted by molar-refractivity contribution is 7.98. The quantitative estimate of drug-likeness (QED) is 0.755. The van der Waals surface area contributed by atoms with Crippen LogP contribution in [0.15, 0.2) is 34.2 Å². The van der Waals surface area contributed by atoms with Gasteiger partial charge in [-0.25, -0.2) is 0 Å². The van der Waals surface area contributed by atoms with Crippen molar-refractivity contribution in [3.8, 4) is 0 Å². The highest BCUT2D eigenvalue weighted by Crippen LogP contribution is 2.22. The first-order valence-corrected chi connectivity index (χ1v) is 7.68. The Bertz CT molecular complexity index is 866. The fourth-order valence-electron chi connectivity index (χ4n) is 2.22. The van der Waals surface area contributed by atoms with Crippen LogP contribution in [0.1, 0.15) is 22.4 Å². The Balaban J connectivity index is 1.95. The normalized spacial score (nSPS) is 11.2. The fraction of sp³-hybridized carbons (Fsp3) is 0.267. The number of hydrogen-bond acceptors (Lipinski definition) is 4. The van der Waals surface area contributed by atoms with Crippen LogP contribution in [0.3, 0.4) is 0 Å². The van der Waals surface area contributed by atoms with Crippen LogP contribution in [0.5, 0.6) is 0 Å². The third kappa shape index (κ3) is 2.58. The summed E-state index contributed by atoms with van der Waals surface area (Å²) >= 11 is 1.61. The number of benzene rings is 1. The third-order valence-corrected chi connectivity index (χ3v) is 4.53. The van der Waals surface area contributed by atoms with E-state index in [2.05, 4.69) is 46.4 Å². The molecular formula is C15H16N4OS. The predicted octanol–water partition coefficient (Wildman–Crippen LogP) is 2.64. The number of aromatic amines is 1. The number of fused-ring (bicyclic) bond motifs is 1. The van der Waals surface area contributed by atoms with Gasteiger partial charge in [0.05, 0.1) is 0 Å². The molecule has 0 saturated carbocycles. The summed E-state index contributed by atoms with van der Waals surface area (Å²) in [6.07, 6.45) is 0. The van der Waals surface area contributed by atoms with Crippen molar-refractivity contribution in [3.63, 3.8) is 0 Å². The first-order chi connectivity index (χ1) is 10.1. The molecule has 0 amide bonds. The van der Waals surface area contributed by atoms with Crippen molar-refractivity contribution in [1.82, 2.24) is 19.6 Å². The lowest BCUT2D eigenvalue weighted by Crippen LogP contribution is -2.15.